The van der Waals surface area contributed by atoms with Crippen molar-refractivity contribution in [1.82, 2.24) is 14.7 Å². The third kappa shape index (κ3) is 4.54. The predicted molar refractivity (Wildman–Crippen MR) is 123 cm³/mol. The van der Waals surface area contributed by atoms with Crippen LogP contribution in [-0.4, -0.2) is 39.8 Å². The van der Waals surface area contributed by atoms with E-state index in [1.807, 2.05) is 37.8 Å². The number of hydrogen-bond acceptors (Lipinski definition) is 3. The molecule has 1 fully saturated rings. The minimum Gasteiger partial charge on any atom is -0.490 e. The highest BCUT2D eigenvalue weighted by Crippen LogP contribution is 2.32. The Bertz CT molecular complexity index is 1110. The van der Waals surface area contributed by atoms with Crippen molar-refractivity contribution in [3.63, 3.8) is 0 Å². The van der Waals surface area contributed by atoms with Gasteiger partial charge in [-0.2, -0.15) is 5.10 Å². The Balaban J connectivity index is 1.52. The summed E-state index contributed by atoms with van der Waals surface area (Å²) >= 11 is 0. The van der Waals surface area contributed by atoms with Crippen molar-refractivity contribution in [3.8, 4) is 11.4 Å². The molecule has 0 bridgehead atoms. The summed E-state index contributed by atoms with van der Waals surface area (Å²) in [5.74, 6) is 0.110. The number of aryl methyl sites for hydroxylation is 2. The number of aromatic nitrogens is 2. The third-order valence-corrected chi connectivity index (χ3v) is 5.94. The first-order valence-corrected chi connectivity index (χ1v) is 11.2. The number of para-hydroxylation sites is 1. The summed E-state index contributed by atoms with van der Waals surface area (Å²) < 4.78 is 21.5. The summed E-state index contributed by atoms with van der Waals surface area (Å²) in [6.45, 7) is 9.12. The first-order chi connectivity index (χ1) is 15.3. The molecule has 0 N–H and O–H groups in total. The smallest absolute Gasteiger partial charge is 0.257 e. The minimum atomic E-state index is -0.407. The number of piperidine rings is 1. The van der Waals surface area contributed by atoms with Crippen LogP contribution in [0.25, 0.3) is 5.69 Å². The molecule has 0 spiro atoms. The quantitative estimate of drug-likeness (QED) is 0.536. The second-order valence-corrected chi connectivity index (χ2v) is 8.78. The van der Waals surface area contributed by atoms with E-state index in [0.29, 0.717) is 30.3 Å². The highest BCUT2D eigenvalue weighted by atomic mass is 19.1. The minimum absolute atomic E-state index is 0.109. The summed E-state index contributed by atoms with van der Waals surface area (Å²) in [7, 11) is 0. The maximum Gasteiger partial charge on any atom is 0.257 e. The summed E-state index contributed by atoms with van der Waals surface area (Å²) in [5.41, 5.74) is 4.87. The van der Waals surface area contributed by atoms with Gasteiger partial charge in [0.1, 0.15) is 11.6 Å². The molecule has 2 heterocycles. The molecule has 6 heteroatoms. The van der Waals surface area contributed by atoms with Gasteiger partial charge in [-0.3, -0.25) is 4.79 Å². The van der Waals surface area contributed by atoms with E-state index in [4.69, 9.17) is 9.84 Å². The van der Waals surface area contributed by atoms with Crippen LogP contribution >= 0.6 is 0 Å². The molecule has 168 valence electrons. The topological polar surface area (TPSA) is 47.4 Å². The number of halogens is 1. The van der Waals surface area contributed by atoms with E-state index >= 15 is 0 Å². The van der Waals surface area contributed by atoms with Crippen molar-refractivity contribution < 1.29 is 13.9 Å². The largest absolute Gasteiger partial charge is 0.490 e. The van der Waals surface area contributed by atoms with Crippen LogP contribution in [0, 0.1) is 19.7 Å². The number of likely N-dealkylation sites (tertiary alicyclic amines) is 1. The first kappa shape index (κ1) is 22.1. The summed E-state index contributed by atoms with van der Waals surface area (Å²) in [6.07, 6.45) is 1.56. The molecule has 1 amide bonds. The van der Waals surface area contributed by atoms with E-state index in [2.05, 4.69) is 29.8 Å². The zero-order valence-electron chi connectivity index (χ0n) is 19.1. The highest BCUT2D eigenvalue weighted by Gasteiger charge is 2.29. The van der Waals surface area contributed by atoms with Crippen molar-refractivity contribution in [3.05, 3.63) is 76.9 Å². The molecular formula is C26H30FN3O2. The normalized spacial score (nSPS) is 14.8. The fourth-order valence-corrected chi connectivity index (χ4v) is 4.38. The zero-order valence-corrected chi connectivity index (χ0v) is 19.1. The van der Waals surface area contributed by atoms with Gasteiger partial charge in [0.15, 0.2) is 0 Å². The molecule has 1 aliphatic heterocycles. The Morgan fingerprint density at radius 2 is 1.81 bits per heavy atom. The summed E-state index contributed by atoms with van der Waals surface area (Å²) in [6, 6.07) is 14.5. The molecular weight excluding hydrogens is 405 g/mol. The summed E-state index contributed by atoms with van der Waals surface area (Å²) in [4.78, 5) is 15.0. The van der Waals surface area contributed by atoms with Gasteiger partial charge in [-0.05, 0) is 70.4 Å². The second kappa shape index (κ2) is 9.15. The van der Waals surface area contributed by atoms with Gasteiger partial charge in [-0.1, -0.05) is 18.2 Å². The van der Waals surface area contributed by atoms with Crippen LogP contribution in [0.4, 0.5) is 4.39 Å². The predicted octanol–water partition coefficient (Wildman–Crippen LogP) is 5.44. The van der Waals surface area contributed by atoms with Crippen molar-refractivity contribution >= 4 is 5.91 Å². The standard InChI is InChI=1S/C26H30FN3O2/c1-17(2)32-25-16-21(27)9-10-22(25)26(31)29-13-11-20(12-14-29)24-15-19(4)28-30(24)23-8-6-5-7-18(23)3/h5-10,15-17,20H,11-14H2,1-4H3. The molecule has 1 saturated heterocycles. The lowest BCUT2D eigenvalue weighted by Gasteiger charge is -2.32. The van der Waals surface area contributed by atoms with Crippen molar-refractivity contribution in [2.45, 2.75) is 52.6 Å². The van der Waals surface area contributed by atoms with E-state index in [1.165, 1.54) is 29.5 Å². The lowest BCUT2D eigenvalue weighted by Crippen LogP contribution is -2.38. The molecule has 2 aromatic carbocycles. The molecule has 0 radical (unpaired) electrons. The van der Waals surface area contributed by atoms with Crippen LogP contribution in [0.3, 0.4) is 0 Å². The number of hydrogen-bond donors (Lipinski definition) is 0. The number of rotatable bonds is 5. The van der Waals surface area contributed by atoms with Gasteiger partial charge in [0.2, 0.25) is 0 Å². The lowest BCUT2D eigenvalue weighted by atomic mass is 9.92. The van der Waals surface area contributed by atoms with Gasteiger partial charge in [0.25, 0.3) is 5.91 Å². The molecule has 0 atom stereocenters. The number of ether oxygens (including phenoxy) is 1. The third-order valence-electron chi connectivity index (χ3n) is 5.94. The van der Waals surface area contributed by atoms with E-state index in [-0.39, 0.29) is 12.0 Å². The number of nitrogens with zero attached hydrogens (tertiary/aromatic N) is 3. The van der Waals surface area contributed by atoms with Crippen LogP contribution in [0.1, 0.15) is 59.9 Å². The van der Waals surface area contributed by atoms with E-state index in [9.17, 15) is 9.18 Å². The molecule has 5 nitrogen and oxygen atoms in total. The SMILES string of the molecule is Cc1cc(C2CCN(C(=O)c3ccc(F)cc3OC(C)C)CC2)n(-c2ccccc2C)n1. The second-order valence-electron chi connectivity index (χ2n) is 8.78. The molecule has 0 saturated carbocycles. The zero-order chi connectivity index (χ0) is 22.8. The van der Waals surface area contributed by atoms with E-state index in [0.717, 1.165) is 24.2 Å². The average molecular weight is 436 g/mol. The Morgan fingerprint density at radius 1 is 1.09 bits per heavy atom. The van der Waals surface area contributed by atoms with Crippen molar-refractivity contribution in [2.75, 3.05) is 13.1 Å². The van der Waals surface area contributed by atoms with Gasteiger partial charge in [-0.25, -0.2) is 9.07 Å². The maximum atomic E-state index is 13.7. The molecule has 1 aliphatic rings. The number of carbonyl (C=O) groups is 1. The van der Waals surface area contributed by atoms with Gasteiger partial charge < -0.3 is 9.64 Å². The average Bonchev–Trinajstić information content (AvgIpc) is 3.15. The Morgan fingerprint density at radius 3 is 2.50 bits per heavy atom. The van der Waals surface area contributed by atoms with E-state index < -0.39 is 5.82 Å². The summed E-state index contributed by atoms with van der Waals surface area (Å²) in [5, 5.41) is 4.75. The fraction of sp³-hybridized carbons (Fsp3) is 0.385. The lowest BCUT2D eigenvalue weighted by molar-refractivity contribution is 0.0705. The molecule has 1 aromatic heterocycles. The number of carbonyl (C=O) groups excluding carboxylic acids is 1. The van der Waals surface area contributed by atoms with Crippen molar-refractivity contribution in [1.29, 1.82) is 0 Å². The Kier molecular flexibility index (Phi) is 6.31. The Hall–Kier alpha value is -3.15. The molecule has 0 unspecified atom stereocenters. The van der Waals surface area contributed by atoms with Crippen LogP contribution in [-0.2, 0) is 0 Å². The van der Waals surface area contributed by atoms with Gasteiger partial charge in [0.05, 0.1) is 23.0 Å². The van der Waals surface area contributed by atoms with Gasteiger partial charge in [-0.15, -0.1) is 0 Å². The Labute approximate surface area is 188 Å². The van der Waals surface area contributed by atoms with Crippen LogP contribution in [0.5, 0.6) is 5.75 Å². The van der Waals surface area contributed by atoms with Crippen LogP contribution in [0.2, 0.25) is 0 Å². The van der Waals surface area contributed by atoms with E-state index in [1.54, 1.807) is 0 Å². The fourth-order valence-electron chi connectivity index (χ4n) is 4.38. The molecule has 0 aliphatic carbocycles. The number of benzene rings is 2. The van der Waals surface area contributed by atoms with Gasteiger partial charge >= 0.3 is 0 Å². The van der Waals surface area contributed by atoms with Gasteiger partial charge in [0, 0.05) is 30.8 Å². The molecule has 3 aromatic rings. The highest BCUT2D eigenvalue weighted by molar-refractivity contribution is 5.97. The molecule has 32 heavy (non-hydrogen) atoms. The maximum absolute atomic E-state index is 13.7. The van der Waals surface area contributed by atoms with Crippen LogP contribution in [0.15, 0.2) is 48.5 Å². The van der Waals surface area contributed by atoms with Crippen molar-refractivity contribution in [2.24, 2.45) is 0 Å². The monoisotopic (exact) mass is 435 g/mol. The van der Waals surface area contributed by atoms with Crippen LogP contribution < -0.4 is 4.74 Å². The number of amides is 1. The molecule has 4 rings (SSSR count). The first-order valence-electron chi connectivity index (χ1n) is 11.2.